The lowest BCUT2D eigenvalue weighted by Gasteiger charge is -2.29. The predicted molar refractivity (Wildman–Crippen MR) is 119 cm³/mol. The van der Waals surface area contributed by atoms with Crippen LogP contribution in [0, 0.1) is 0 Å². The van der Waals surface area contributed by atoms with Crippen molar-refractivity contribution in [3.05, 3.63) is 63.9 Å². The number of aromatic nitrogens is 2. The fourth-order valence-electron chi connectivity index (χ4n) is 4.15. The van der Waals surface area contributed by atoms with Gasteiger partial charge in [-0.25, -0.2) is 9.36 Å². The number of methoxy groups -OCH3 is 2. The number of rotatable bonds is 6. The van der Waals surface area contributed by atoms with Gasteiger partial charge >= 0.3 is 0 Å². The zero-order valence-corrected chi connectivity index (χ0v) is 17.7. The fraction of sp³-hybridized carbons (Fsp3) is 0.304. The van der Waals surface area contributed by atoms with E-state index in [-0.39, 0.29) is 11.6 Å². The Morgan fingerprint density at radius 1 is 1.10 bits per heavy atom. The van der Waals surface area contributed by atoms with Crippen molar-refractivity contribution in [2.24, 2.45) is 4.99 Å². The molecule has 0 saturated carbocycles. The second-order valence-corrected chi connectivity index (χ2v) is 7.56. The molecule has 0 amide bonds. The average Bonchev–Trinajstić information content (AvgIpc) is 3.30. The molecule has 3 heterocycles. The summed E-state index contributed by atoms with van der Waals surface area (Å²) >= 11 is 0. The number of para-hydroxylation sites is 1. The van der Waals surface area contributed by atoms with E-state index in [0.717, 1.165) is 22.6 Å². The van der Waals surface area contributed by atoms with Crippen molar-refractivity contribution >= 4 is 17.2 Å². The maximum Gasteiger partial charge on any atom is 0.278 e. The molecule has 0 atom stereocenters. The van der Waals surface area contributed by atoms with E-state index < -0.39 is 0 Å². The minimum Gasteiger partial charge on any atom is -0.497 e. The highest BCUT2D eigenvalue weighted by atomic mass is 16.5. The molecule has 1 fully saturated rings. The Bertz CT molecular complexity index is 1210. The van der Waals surface area contributed by atoms with Gasteiger partial charge in [0.25, 0.3) is 5.56 Å². The van der Waals surface area contributed by atoms with Crippen molar-refractivity contribution in [3.8, 4) is 17.2 Å². The minimum absolute atomic E-state index is 0.0603. The van der Waals surface area contributed by atoms with Gasteiger partial charge < -0.3 is 19.5 Å². The predicted octanol–water partition coefficient (Wildman–Crippen LogP) is 2.95. The van der Waals surface area contributed by atoms with Gasteiger partial charge in [0.05, 0.1) is 44.5 Å². The third kappa shape index (κ3) is 3.11. The number of aliphatic imine (C=N–C) groups is 1. The van der Waals surface area contributed by atoms with Gasteiger partial charge in [0.15, 0.2) is 0 Å². The summed E-state index contributed by atoms with van der Waals surface area (Å²) in [5.41, 5.74) is 4.03. The van der Waals surface area contributed by atoms with Crippen molar-refractivity contribution in [2.75, 3.05) is 39.8 Å². The lowest BCUT2D eigenvalue weighted by Crippen LogP contribution is -2.40. The monoisotopic (exact) mass is 420 g/mol. The fourth-order valence-corrected chi connectivity index (χ4v) is 4.15. The quantitative estimate of drug-likeness (QED) is 0.663. The normalized spacial score (nSPS) is 15.3. The van der Waals surface area contributed by atoms with Crippen molar-refractivity contribution in [1.29, 1.82) is 0 Å². The first-order chi connectivity index (χ1) is 15.1. The summed E-state index contributed by atoms with van der Waals surface area (Å²) in [6.45, 7) is 0.973. The molecule has 5 rings (SSSR count). The molecule has 1 aromatic heterocycles. The first-order valence-corrected chi connectivity index (χ1v) is 10.2. The third-order valence-electron chi connectivity index (χ3n) is 5.76. The summed E-state index contributed by atoms with van der Waals surface area (Å²) in [5.74, 6) is 1.96. The third-order valence-corrected chi connectivity index (χ3v) is 5.76. The summed E-state index contributed by atoms with van der Waals surface area (Å²) in [6, 6.07) is 13.5. The molecule has 0 unspecified atom stereocenters. The maximum absolute atomic E-state index is 13.7. The Morgan fingerprint density at radius 3 is 2.39 bits per heavy atom. The molecule has 8 heteroatoms. The van der Waals surface area contributed by atoms with Gasteiger partial charge in [-0.3, -0.25) is 9.79 Å². The molecular weight excluding hydrogens is 396 g/mol. The van der Waals surface area contributed by atoms with Crippen LogP contribution in [0.4, 0.5) is 11.5 Å². The van der Waals surface area contributed by atoms with Crippen molar-refractivity contribution < 1.29 is 14.2 Å². The number of nitrogens with zero attached hydrogens (tertiary/aromatic N) is 3. The first kappa shape index (κ1) is 19.4. The largest absolute Gasteiger partial charge is 0.497 e. The van der Waals surface area contributed by atoms with Gasteiger partial charge in [-0.05, 0) is 11.6 Å². The van der Waals surface area contributed by atoms with Gasteiger partial charge in [0.2, 0.25) is 0 Å². The number of benzene rings is 2. The zero-order valence-electron chi connectivity index (χ0n) is 17.7. The molecule has 1 N–H and O–H groups in total. The van der Waals surface area contributed by atoms with Gasteiger partial charge in [-0.2, -0.15) is 0 Å². The van der Waals surface area contributed by atoms with E-state index in [0.29, 0.717) is 42.5 Å². The van der Waals surface area contributed by atoms with Crippen LogP contribution in [0.5, 0.6) is 11.5 Å². The average molecular weight is 420 g/mol. The number of hydrogen-bond acceptors (Lipinski definition) is 6. The standard InChI is InChI=1S/C23H24N4O4/c1-24-22-21(20-8-14-6-4-5-7-19(14)25-20)23(28)27(16-12-31-13-16)26(22)15-9-17(29-2)11-18(10-15)30-3/h4-7,9-11,16,24H,8,12-13H2,1-3H3. The maximum atomic E-state index is 13.7. The SMILES string of the molecule is CNc1c(C2=Nc3ccccc3C2)c(=O)n(C2COC2)n1-c1cc(OC)cc(OC)c1. The van der Waals surface area contributed by atoms with E-state index in [9.17, 15) is 4.79 Å². The lowest BCUT2D eigenvalue weighted by atomic mass is 10.1. The van der Waals surface area contributed by atoms with Crippen LogP contribution >= 0.6 is 0 Å². The number of fused-ring (bicyclic) bond motifs is 1. The van der Waals surface area contributed by atoms with Crippen LogP contribution in [0.15, 0.2) is 52.3 Å². The van der Waals surface area contributed by atoms with Crippen LogP contribution in [0.2, 0.25) is 0 Å². The van der Waals surface area contributed by atoms with E-state index in [1.807, 2.05) is 48.1 Å². The molecule has 3 aromatic rings. The summed E-state index contributed by atoms with van der Waals surface area (Å²) in [5, 5.41) is 3.24. The van der Waals surface area contributed by atoms with E-state index in [1.165, 1.54) is 0 Å². The Morgan fingerprint density at radius 2 is 1.81 bits per heavy atom. The number of ether oxygens (including phenoxy) is 3. The molecule has 2 aliphatic rings. The van der Waals surface area contributed by atoms with Crippen LogP contribution < -0.4 is 20.3 Å². The molecule has 160 valence electrons. The highest BCUT2D eigenvalue weighted by molar-refractivity contribution is 6.09. The molecule has 2 aliphatic heterocycles. The van der Waals surface area contributed by atoms with Crippen LogP contribution in [0.1, 0.15) is 17.2 Å². The van der Waals surface area contributed by atoms with E-state index in [2.05, 4.69) is 5.32 Å². The highest BCUT2D eigenvalue weighted by Crippen LogP contribution is 2.34. The Kier molecular flexibility index (Phi) is 4.78. The van der Waals surface area contributed by atoms with Crippen LogP contribution in [0.25, 0.3) is 5.69 Å². The lowest BCUT2D eigenvalue weighted by molar-refractivity contribution is -0.0326. The summed E-state index contributed by atoms with van der Waals surface area (Å²) in [4.78, 5) is 18.5. The smallest absolute Gasteiger partial charge is 0.278 e. The Balaban J connectivity index is 1.74. The van der Waals surface area contributed by atoms with E-state index in [4.69, 9.17) is 19.2 Å². The molecule has 31 heavy (non-hydrogen) atoms. The molecule has 0 aliphatic carbocycles. The number of nitrogens with one attached hydrogen (secondary N) is 1. The second-order valence-electron chi connectivity index (χ2n) is 7.56. The molecule has 1 saturated heterocycles. The topological polar surface area (TPSA) is 79.0 Å². The van der Waals surface area contributed by atoms with E-state index in [1.54, 1.807) is 25.0 Å². The second kappa shape index (κ2) is 7.63. The summed E-state index contributed by atoms with van der Waals surface area (Å²) in [7, 11) is 5.03. The van der Waals surface area contributed by atoms with Crippen molar-refractivity contribution in [2.45, 2.75) is 12.5 Å². The van der Waals surface area contributed by atoms with Gasteiger partial charge in [0.1, 0.15) is 28.9 Å². The Hall–Kier alpha value is -3.52. The van der Waals surface area contributed by atoms with Gasteiger partial charge in [-0.15, -0.1) is 0 Å². The molecule has 0 spiro atoms. The number of anilines is 1. The van der Waals surface area contributed by atoms with Gasteiger partial charge in [0, 0.05) is 31.7 Å². The van der Waals surface area contributed by atoms with Crippen LogP contribution in [-0.2, 0) is 11.2 Å². The minimum atomic E-state index is -0.0917. The molecule has 0 bridgehead atoms. The van der Waals surface area contributed by atoms with Crippen molar-refractivity contribution in [3.63, 3.8) is 0 Å². The molecular formula is C23H24N4O4. The molecule has 8 nitrogen and oxygen atoms in total. The van der Waals surface area contributed by atoms with Gasteiger partial charge in [-0.1, -0.05) is 18.2 Å². The van der Waals surface area contributed by atoms with Crippen LogP contribution in [-0.4, -0.2) is 49.6 Å². The number of hydrogen-bond donors (Lipinski definition) is 1. The molecule has 2 aromatic carbocycles. The summed E-state index contributed by atoms with van der Waals surface area (Å²) in [6.07, 6.45) is 0.618. The summed E-state index contributed by atoms with van der Waals surface area (Å²) < 4.78 is 20.0. The van der Waals surface area contributed by atoms with Crippen LogP contribution in [0.3, 0.4) is 0 Å². The van der Waals surface area contributed by atoms with E-state index >= 15 is 0 Å². The Labute approximate surface area is 179 Å². The highest BCUT2D eigenvalue weighted by Gasteiger charge is 2.33. The first-order valence-electron chi connectivity index (χ1n) is 10.2. The van der Waals surface area contributed by atoms with Crippen molar-refractivity contribution in [1.82, 2.24) is 9.36 Å². The molecule has 0 radical (unpaired) electrons. The zero-order chi connectivity index (χ0) is 21.5.